The molecule has 3 aromatic rings. The van der Waals surface area contributed by atoms with Crippen molar-refractivity contribution in [2.24, 2.45) is 5.92 Å². The van der Waals surface area contributed by atoms with E-state index in [9.17, 15) is 13.2 Å². The zero-order valence-corrected chi connectivity index (χ0v) is 18.7. The van der Waals surface area contributed by atoms with Crippen LogP contribution in [0.5, 0.6) is 0 Å². The lowest BCUT2D eigenvalue weighted by Gasteiger charge is -2.30. The molecule has 0 bridgehead atoms. The third kappa shape index (κ3) is 4.62. The minimum absolute atomic E-state index is 0.0846. The first kappa shape index (κ1) is 21.8. The SMILES string of the molecule is O=C(Nc1ccn(-c2ccccc2)n1)C1CCN(S(=O)(=O)c2c(Cl)cccc2Cl)CC1. The Labute approximate surface area is 190 Å². The number of carbonyl (C=O) groups is 1. The molecule has 0 radical (unpaired) electrons. The lowest BCUT2D eigenvalue weighted by molar-refractivity contribution is -0.120. The van der Waals surface area contributed by atoms with Crippen molar-refractivity contribution in [3.05, 3.63) is 70.8 Å². The van der Waals surface area contributed by atoms with Gasteiger partial charge in [-0.2, -0.15) is 9.40 Å². The molecule has 1 amide bonds. The molecule has 1 saturated heterocycles. The molecule has 4 rings (SSSR count). The maximum absolute atomic E-state index is 13.0. The van der Waals surface area contributed by atoms with E-state index in [-0.39, 0.29) is 39.9 Å². The van der Waals surface area contributed by atoms with E-state index < -0.39 is 10.0 Å². The van der Waals surface area contributed by atoms with Crippen LogP contribution in [0.3, 0.4) is 0 Å². The van der Waals surface area contributed by atoms with Crippen LogP contribution in [0, 0.1) is 5.92 Å². The topological polar surface area (TPSA) is 84.3 Å². The van der Waals surface area contributed by atoms with Crippen LogP contribution < -0.4 is 5.32 Å². The molecule has 0 unspecified atom stereocenters. The summed E-state index contributed by atoms with van der Waals surface area (Å²) in [7, 11) is -3.84. The van der Waals surface area contributed by atoms with E-state index in [4.69, 9.17) is 23.2 Å². The van der Waals surface area contributed by atoms with Crippen LogP contribution in [0.2, 0.25) is 10.0 Å². The summed E-state index contributed by atoms with van der Waals surface area (Å²) in [5, 5.41) is 7.37. The third-order valence-electron chi connectivity index (χ3n) is 5.20. The van der Waals surface area contributed by atoms with Crippen molar-refractivity contribution in [1.82, 2.24) is 14.1 Å². The summed E-state index contributed by atoms with van der Waals surface area (Å²) in [6.07, 6.45) is 2.56. The van der Waals surface area contributed by atoms with Gasteiger partial charge in [0, 0.05) is 31.3 Å². The van der Waals surface area contributed by atoms with Crippen LogP contribution in [0.4, 0.5) is 5.82 Å². The predicted octanol–water partition coefficient (Wildman–Crippen LogP) is 4.22. The average Bonchev–Trinajstić information content (AvgIpc) is 3.22. The second kappa shape index (κ2) is 9.00. The number of piperidine rings is 1. The van der Waals surface area contributed by atoms with Gasteiger partial charge in [0.05, 0.1) is 15.7 Å². The quantitative estimate of drug-likeness (QED) is 0.594. The van der Waals surface area contributed by atoms with Gasteiger partial charge in [-0.15, -0.1) is 0 Å². The van der Waals surface area contributed by atoms with Crippen molar-refractivity contribution < 1.29 is 13.2 Å². The van der Waals surface area contributed by atoms with Crippen LogP contribution in [0.15, 0.2) is 65.7 Å². The van der Waals surface area contributed by atoms with Crippen LogP contribution in [-0.4, -0.2) is 41.5 Å². The molecule has 10 heteroatoms. The first-order chi connectivity index (χ1) is 14.9. The van der Waals surface area contributed by atoms with Crippen molar-refractivity contribution in [3.63, 3.8) is 0 Å². The molecule has 1 aliphatic heterocycles. The minimum atomic E-state index is -3.84. The first-order valence-corrected chi connectivity index (χ1v) is 11.9. The van der Waals surface area contributed by atoms with E-state index in [0.717, 1.165) is 5.69 Å². The lowest BCUT2D eigenvalue weighted by atomic mass is 9.97. The number of nitrogens with zero attached hydrogens (tertiary/aromatic N) is 3. The van der Waals surface area contributed by atoms with Gasteiger partial charge >= 0.3 is 0 Å². The Hall–Kier alpha value is -2.39. The number of halogens is 2. The van der Waals surface area contributed by atoms with Gasteiger partial charge in [-0.3, -0.25) is 4.79 Å². The summed E-state index contributed by atoms with van der Waals surface area (Å²) < 4.78 is 29.0. The molecule has 1 N–H and O–H groups in total. The summed E-state index contributed by atoms with van der Waals surface area (Å²) in [5.41, 5.74) is 0.889. The fraction of sp³-hybridized carbons (Fsp3) is 0.238. The zero-order chi connectivity index (χ0) is 22.0. The van der Waals surface area contributed by atoms with Gasteiger partial charge in [0.1, 0.15) is 4.90 Å². The molecule has 0 spiro atoms. The number of carbonyl (C=O) groups excluding carboxylic acids is 1. The molecule has 0 saturated carbocycles. The molecule has 1 aromatic heterocycles. The number of anilines is 1. The highest BCUT2D eigenvalue weighted by Crippen LogP contribution is 2.33. The number of aromatic nitrogens is 2. The van der Waals surface area contributed by atoms with Crippen LogP contribution in [0.1, 0.15) is 12.8 Å². The van der Waals surface area contributed by atoms with E-state index in [1.807, 2.05) is 30.3 Å². The standard InChI is InChI=1S/C21H20Cl2N4O3S/c22-17-7-4-8-18(23)20(17)31(29,30)26-12-9-15(10-13-26)21(28)24-19-11-14-27(25-19)16-5-2-1-3-6-16/h1-8,11,14-15H,9-10,12-13H2,(H,24,25,28). The largest absolute Gasteiger partial charge is 0.309 e. The number of para-hydroxylation sites is 1. The molecule has 31 heavy (non-hydrogen) atoms. The average molecular weight is 479 g/mol. The highest BCUT2D eigenvalue weighted by atomic mass is 35.5. The molecule has 2 heterocycles. The van der Waals surface area contributed by atoms with Crippen LogP contribution in [-0.2, 0) is 14.8 Å². The molecular weight excluding hydrogens is 459 g/mol. The molecule has 2 aromatic carbocycles. The molecular formula is C21H20Cl2N4O3S. The van der Waals surface area contributed by atoms with Crippen molar-refractivity contribution >= 4 is 45.0 Å². The Morgan fingerprint density at radius 2 is 1.61 bits per heavy atom. The summed E-state index contributed by atoms with van der Waals surface area (Å²) in [4.78, 5) is 12.6. The molecule has 1 aliphatic rings. The third-order valence-corrected chi connectivity index (χ3v) is 8.06. The number of nitrogens with one attached hydrogen (secondary N) is 1. The first-order valence-electron chi connectivity index (χ1n) is 9.72. The van der Waals surface area contributed by atoms with E-state index in [2.05, 4.69) is 10.4 Å². The van der Waals surface area contributed by atoms with E-state index in [1.165, 1.54) is 16.4 Å². The van der Waals surface area contributed by atoms with Crippen LogP contribution in [0.25, 0.3) is 5.69 Å². The molecule has 7 nitrogen and oxygen atoms in total. The Morgan fingerprint density at radius 1 is 0.968 bits per heavy atom. The lowest BCUT2D eigenvalue weighted by Crippen LogP contribution is -2.41. The smallest absolute Gasteiger partial charge is 0.246 e. The summed E-state index contributed by atoms with van der Waals surface area (Å²) >= 11 is 12.2. The second-order valence-electron chi connectivity index (χ2n) is 7.20. The van der Waals surface area contributed by atoms with Gasteiger partial charge in [0.2, 0.25) is 15.9 Å². The maximum atomic E-state index is 13.0. The molecule has 162 valence electrons. The Bertz CT molecular complexity index is 1170. The molecule has 1 fully saturated rings. The molecule has 0 aliphatic carbocycles. The number of rotatable bonds is 5. The highest BCUT2D eigenvalue weighted by molar-refractivity contribution is 7.89. The summed E-state index contributed by atoms with van der Waals surface area (Å²) in [6.45, 7) is 0.418. The number of hydrogen-bond donors (Lipinski definition) is 1. The maximum Gasteiger partial charge on any atom is 0.246 e. The number of benzene rings is 2. The van der Waals surface area contributed by atoms with Gasteiger partial charge in [0.15, 0.2) is 5.82 Å². The Morgan fingerprint density at radius 3 is 2.26 bits per heavy atom. The number of sulfonamides is 1. The van der Waals surface area contributed by atoms with Crippen molar-refractivity contribution in [3.8, 4) is 5.69 Å². The van der Waals surface area contributed by atoms with Crippen molar-refractivity contribution in [2.75, 3.05) is 18.4 Å². The van der Waals surface area contributed by atoms with Gasteiger partial charge < -0.3 is 5.32 Å². The fourth-order valence-corrected chi connectivity index (χ4v) is 6.12. The van der Waals surface area contributed by atoms with Gasteiger partial charge in [0.25, 0.3) is 0 Å². The fourth-order valence-electron chi connectivity index (χ4n) is 3.56. The van der Waals surface area contributed by atoms with Gasteiger partial charge in [-0.1, -0.05) is 47.5 Å². The zero-order valence-electron chi connectivity index (χ0n) is 16.4. The number of hydrogen-bond acceptors (Lipinski definition) is 4. The van der Waals surface area contributed by atoms with Gasteiger partial charge in [-0.05, 0) is 37.1 Å². The minimum Gasteiger partial charge on any atom is -0.309 e. The highest BCUT2D eigenvalue weighted by Gasteiger charge is 2.34. The van der Waals surface area contributed by atoms with Crippen molar-refractivity contribution in [2.45, 2.75) is 17.7 Å². The predicted molar refractivity (Wildman–Crippen MR) is 120 cm³/mol. The monoisotopic (exact) mass is 478 g/mol. The Balaban J connectivity index is 1.39. The van der Waals surface area contributed by atoms with Crippen LogP contribution >= 0.6 is 23.2 Å². The normalized spacial score (nSPS) is 15.7. The number of amides is 1. The van der Waals surface area contributed by atoms with E-state index in [0.29, 0.717) is 18.7 Å². The van der Waals surface area contributed by atoms with Gasteiger partial charge in [-0.25, -0.2) is 13.1 Å². The molecule has 0 atom stereocenters. The Kier molecular flexibility index (Phi) is 6.34. The summed E-state index contributed by atoms with van der Waals surface area (Å²) in [6, 6.07) is 15.9. The van der Waals surface area contributed by atoms with E-state index >= 15 is 0 Å². The van der Waals surface area contributed by atoms with E-state index in [1.54, 1.807) is 23.0 Å². The van der Waals surface area contributed by atoms with Crippen molar-refractivity contribution in [1.29, 1.82) is 0 Å². The second-order valence-corrected chi connectivity index (χ2v) is 9.89. The summed E-state index contributed by atoms with van der Waals surface area (Å²) in [5.74, 6) is -0.0343.